The number of methoxy groups -OCH3 is 1. The van der Waals surface area contributed by atoms with Gasteiger partial charge in [-0.25, -0.2) is 9.89 Å². The van der Waals surface area contributed by atoms with Gasteiger partial charge in [-0.3, -0.25) is 0 Å². The molecule has 0 aliphatic rings. The predicted molar refractivity (Wildman–Crippen MR) is 99.7 cm³/mol. The van der Waals surface area contributed by atoms with Crippen LogP contribution in [0.1, 0.15) is 17.5 Å². The van der Waals surface area contributed by atoms with Crippen LogP contribution < -0.4 is 15.4 Å². The third kappa shape index (κ3) is 4.70. The van der Waals surface area contributed by atoms with E-state index in [1.54, 1.807) is 31.4 Å². The lowest BCUT2D eigenvalue weighted by Crippen LogP contribution is -2.34. The number of rotatable bonds is 6. The Morgan fingerprint density at radius 3 is 2.58 bits per heavy atom. The highest BCUT2D eigenvalue weighted by Gasteiger charge is 2.20. The average Bonchev–Trinajstić information content (AvgIpc) is 3.09. The molecule has 0 aliphatic carbocycles. The van der Waals surface area contributed by atoms with Crippen molar-refractivity contribution in [3.63, 3.8) is 0 Å². The van der Waals surface area contributed by atoms with Crippen LogP contribution in [0.25, 0.3) is 0 Å². The first-order chi connectivity index (χ1) is 12.6. The van der Waals surface area contributed by atoms with E-state index in [1.165, 1.54) is 0 Å². The summed E-state index contributed by atoms with van der Waals surface area (Å²) in [4.78, 5) is 12.6. The Kier molecular flexibility index (Phi) is 5.65. The predicted octanol–water partition coefficient (Wildman–Crippen LogP) is 3.85. The standard InChI is InChI=1S/C18H18N4O3S/c1-24-14-9-7-13(8-10-14)19-17(23)20-15(16-21-22-18(26)25-16)11-12-5-3-2-4-6-12/h2-10,15H,11H2,1H3,(H,22,26)(H2,19,20,23)/t15-/m0/s1. The Balaban J connectivity index is 1.71. The number of carbonyl (C=O) groups is 1. The number of aromatic nitrogens is 2. The number of H-pyrrole nitrogens is 1. The minimum absolute atomic E-state index is 0.162. The second-order valence-corrected chi connectivity index (χ2v) is 5.89. The minimum atomic E-state index is -0.469. The van der Waals surface area contributed by atoms with Crippen LogP contribution in [0.5, 0.6) is 5.75 Å². The summed E-state index contributed by atoms with van der Waals surface area (Å²) < 4.78 is 10.5. The van der Waals surface area contributed by atoms with Crippen molar-refractivity contribution in [3.8, 4) is 5.75 Å². The van der Waals surface area contributed by atoms with Crippen molar-refractivity contribution in [2.24, 2.45) is 0 Å². The fourth-order valence-electron chi connectivity index (χ4n) is 2.44. The van der Waals surface area contributed by atoms with E-state index in [1.807, 2.05) is 30.3 Å². The summed E-state index contributed by atoms with van der Waals surface area (Å²) in [5, 5.41) is 12.3. The zero-order valence-electron chi connectivity index (χ0n) is 14.1. The zero-order chi connectivity index (χ0) is 18.4. The molecule has 26 heavy (non-hydrogen) atoms. The molecule has 134 valence electrons. The second kappa shape index (κ2) is 8.30. The number of anilines is 1. The largest absolute Gasteiger partial charge is 0.497 e. The number of carbonyl (C=O) groups excluding carboxylic acids is 1. The highest BCUT2D eigenvalue weighted by molar-refractivity contribution is 7.71. The van der Waals surface area contributed by atoms with E-state index in [2.05, 4.69) is 20.8 Å². The molecule has 1 heterocycles. The van der Waals surface area contributed by atoms with Gasteiger partial charge >= 0.3 is 6.03 Å². The summed E-state index contributed by atoms with van der Waals surface area (Å²) in [6, 6.07) is 15.9. The van der Waals surface area contributed by atoms with Crippen molar-refractivity contribution in [3.05, 3.63) is 70.9 Å². The highest BCUT2D eigenvalue weighted by Crippen LogP contribution is 2.18. The van der Waals surface area contributed by atoms with Gasteiger partial charge in [-0.15, -0.1) is 5.10 Å². The lowest BCUT2D eigenvalue weighted by Gasteiger charge is -2.16. The first kappa shape index (κ1) is 17.7. The highest BCUT2D eigenvalue weighted by atomic mass is 32.1. The van der Waals surface area contributed by atoms with Crippen molar-refractivity contribution >= 4 is 23.9 Å². The molecule has 7 nitrogen and oxygen atoms in total. The van der Waals surface area contributed by atoms with E-state index in [-0.39, 0.29) is 10.9 Å². The van der Waals surface area contributed by atoms with Gasteiger partial charge in [-0.05, 0) is 42.0 Å². The average molecular weight is 370 g/mol. The van der Waals surface area contributed by atoms with E-state index < -0.39 is 6.04 Å². The molecule has 3 rings (SSSR count). The molecule has 0 radical (unpaired) electrons. The molecule has 1 atom stereocenters. The SMILES string of the molecule is COc1ccc(NC(=O)N[C@@H](Cc2ccccc2)c2n[nH]c(=S)o2)cc1. The second-order valence-electron chi connectivity index (χ2n) is 5.52. The summed E-state index contributed by atoms with van der Waals surface area (Å²) >= 11 is 4.93. The molecule has 2 aromatic carbocycles. The maximum absolute atomic E-state index is 12.4. The van der Waals surface area contributed by atoms with E-state index in [9.17, 15) is 4.79 Å². The van der Waals surface area contributed by atoms with Crippen LogP contribution in [0.2, 0.25) is 0 Å². The number of hydrogen-bond donors (Lipinski definition) is 3. The normalized spacial score (nSPS) is 11.6. The Hall–Kier alpha value is -3.13. The van der Waals surface area contributed by atoms with Gasteiger partial charge in [-0.2, -0.15) is 0 Å². The van der Waals surface area contributed by atoms with Crippen LogP contribution in [-0.2, 0) is 6.42 Å². The molecule has 0 spiro atoms. The van der Waals surface area contributed by atoms with Crippen molar-refractivity contribution in [1.29, 1.82) is 0 Å². The Morgan fingerprint density at radius 1 is 1.23 bits per heavy atom. The molecule has 0 saturated carbocycles. The van der Waals surface area contributed by atoms with E-state index >= 15 is 0 Å². The first-order valence-corrected chi connectivity index (χ1v) is 8.36. The van der Waals surface area contributed by atoms with Crippen molar-refractivity contribution in [2.45, 2.75) is 12.5 Å². The van der Waals surface area contributed by atoms with Crippen LogP contribution in [0.3, 0.4) is 0 Å². The monoisotopic (exact) mass is 370 g/mol. The van der Waals surface area contributed by atoms with Gasteiger partial charge in [0.05, 0.1) is 7.11 Å². The summed E-state index contributed by atoms with van der Waals surface area (Å²) in [6.45, 7) is 0. The molecule has 3 aromatic rings. The van der Waals surface area contributed by atoms with Gasteiger partial charge in [0.15, 0.2) is 0 Å². The van der Waals surface area contributed by atoms with Crippen LogP contribution >= 0.6 is 12.2 Å². The zero-order valence-corrected chi connectivity index (χ0v) is 14.9. The number of aromatic amines is 1. The van der Waals surface area contributed by atoms with Gasteiger partial charge in [0.25, 0.3) is 4.84 Å². The molecule has 8 heteroatoms. The number of amides is 2. The van der Waals surface area contributed by atoms with Gasteiger partial charge in [0.2, 0.25) is 5.89 Å². The van der Waals surface area contributed by atoms with Crippen LogP contribution in [0, 0.1) is 4.84 Å². The molecule has 0 saturated heterocycles. The number of ether oxygens (including phenoxy) is 1. The van der Waals surface area contributed by atoms with Crippen molar-refractivity contribution in [2.75, 3.05) is 12.4 Å². The lowest BCUT2D eigenvalue weighted by molar-refractivity contribution is 0.245. The molecule has 0 aliphatic heterocycles. The fourth-order valence-corrected chi connectivity index (χ4v) is 2.57. The molecule has 0 fully saturated rings. The minimum Gasteiger partial charge on any atom is -0.497 e. The Bertz CT molecular complexity index is 906. The number of nitrogens with zero attached hydrogens (tertiary/aromatic N) is 1. The number of hydrogen-bond acceptors (Lipinski definition) is 5. The maximum atomic E-state index is 12.4. The quantitative estimate of drug-likeness (QED) is 0.573. The van der Waals surface area contributed by atoms with Gasteiger partial charge in [0.1, 0.15) is 11.8 Å². The summed E-state index contributed by atoms with van der Waals surface area (Å²) in [5.74, 6) is 1.04. The molecule has 3 N–H and O–H groups in total. The van der Waals surface area contributed by atoms with Crippen LogP contribution in [0.4, 0.5) is 10.5 Å². The third-order valence-electron chi connectivity index (χ3n) is 3.69. The molecular formula is C18H18N4O3S. The molecular weight excluding hydrogens is 352 g/mol. The van der Waals surface area contributed by atoms with Crippen LogP contribution in [0.15, 0.2) is 59.0 Å². The Morgan fingerprint density at radius 2 is 1.96 bits per heavy atom. The van der Waals surface area contributed by atoms with Crippen molar-refractivity contribution < 1.29 is 13.9 Å². The van der Waals surface area contributed by atoms with Crippen molar-refractivity contribution in [1.82, 2.24) is 15.5 Å². The van der Waals surface area contributed by atoms with Crippen LogP contribution in [-0.4, -0.2) is 23.3 Å². The molecule has 0 bridgehead atoms. The van der Waals surface area contributed by atoms with Gasteiger partial charge in [0, 0.05) is 12.1 Å². The van der Waals surface area contributed by atoms with Gasteiger partial charge < -0.3 is 19.8 Å². The molecule has 2 amide bonds. The molecule has 0 unspecified atom stereocenters. The smallest absolute Gasteiger partial charge is 0.319 e. The maximum Gasteiger partial charge on any atom is 0.319 e. The first-order valence-electron chi connectivity index (χ1n) is 7.95. The number of urea groups is 1. The topological polar surface area (TPSA) is 92.2 Å². The summed E-state index contributed by atoms with van der Waals surface area (Å²) in [5.41, 5.74) is 1.68. The summed E-state index contributed by atoms with van der Waals surface area (Å²) in [6.07, 6.45) is 0.514. The fraction of sp³-hybridized carbons (Fsp3) is 0.167. The van der Waals surface area contributed by atoms with E-state index in [4.69, 9.17) is 21.4 Å². The van der Waals surface area contributed by atoms with E-state index in [0.29, 0.717) is 23.7 Å². The number of nitrogens with one attached hydrogen (secondary N) is 3. The number of benzene rings is 2. The lowest BCUT2D eigenvalue weighted by atomic mass is 10.1. The van der Waals surface area contributed by atoms with E-state index in [0.717, 1.165) is 5.56 Å². The Labute approximate surface area is 155 Å². The third-order valence-corrected chi connectivity index (χ3v) is 3.86. The molecule has 1 aromatic heterocycles. The summed E-state index contributed by atoms with van der Waals surface area (Å²) in [7, 11) is 1.59. The van der Waals surface area contributed by atoms with Gasteiger partial charge in [-0.1, -0.05) is 30.3 Å².